The quantitative estimate of drug-likeness (QED) is 0.814. The van der Waals surface area contributed by atoms with E-state index in [4.69, 9.17) is 0 Å². The Labute approximate surface area is 111 Å². The molecule has 2 heterocycles. The molecule has 1 N–H and O–H groups in total. The Morgan fingerprint density at radius 1 is 1.33 bits per heavy atom. The molecule has 2 saturated heterocycles. The van der Waals surface area contributed by atoms with Crippen LogP contribution in [0.3, 0.4) is 0 Å². The van der Waals surface area contributed by atoms with Crippen molar-refractivity contribution < 1.29 is 4.79 Å². The lowest BCUT2D eigenvalue weighted by molar-refractivity contribution is 0.131. The van der Waals surface area contributed by atoms with E-state index in [1.807, 2.05) is 16.8 Å². The molecule has 2 aliphatic rings. The molecule has 0 aromatic rings. The first-order valence-electron chi connectivity index (χ1n) is 7.37. The third-order valence-corrected chi connectivity index (χ3v) is 4.24. The number of hydrogen-bond donors (Lipinski definition) is 1. The highest BCUT2D eigenvalue weighted by Gasteiger charge is 2.25. The Balaban J connectivity index is 1.79. The first-order chi connectivity index (χ1) is 8.66. The second-order valence-electron chi connectivity index (χ2n) is 6.05. The number of urea groups is 1. The van der Waals surface area contributed by atoms with E-state index < -0.39 is 0 Å². The van der Waals surface area contributed by atoms with Gasteiger partial charge in [-0.3, -0.25) is 0 Å². The molecule has 1 atom stereocenters. The van der Waals surface area contributed by atoms with Crippen molar-refractivity contribution >= 4 is 6.03 Å². The van der Waals surface area contributed by atoms with Gasteiger partial charge in [0.15, 0.2) is 0 Å². The van der Waals surface area contributed by atoms with Crippen LogP contribution in [-0.4, -0.2) is 55.6 Å². The second kappa shape index (κ2) is 6.41. The third-order valence-electron chi connectivity index (χ3n) is 4.24. The van der Waals surface area contributed by atoms with E-state index in [1.54, 1.807) is 0 Å². The number of piperidine rings is 2. The normalized spacial score (nSPS) is 26.1. The van der Waals surface area contributed by atoms with Crippen LogP contribution in [-0.2, 0) is 0 Å². The zero-order chi connectivity index (χ0) is 13.0. The molecular formula is C14H27N3O. The summed E-state index contributed by atoms with van der Waals surface area (Å²) in [4.78, 5) is 16.3. The highest BCUT2D eigenvalue weighted by Crippen LogP contribution is 2.18. The van der Waals surface area contributed by atoms with Gasteiger partial charge in [0.2, 0.25) is 0 Å². The van der Waals surface area contributed by atoms with Gasteiger partial charge >= 0.3 is 6.03 Å². The van der Waals surface area contributed by atoms with E-state index in [1.165, 1.54) is 19.3 Å². The maximum absolute atomic E-state index is 12.4. The van der Waals surface area contributed by atoms with E-state index >= 15 is 0 Å². The van der Waals surface area contributed by atoms with Crippen molar-refractivity contribution in [2.24, 2.45) is 11.8 Å². The Hall–Kier alpha value is -0.770. The molecular weight excluding hydrogens is 226 g/mol. The minimum Gasteiger partial charge on any atom is -0.327 e. The van der Waals surface area contributed by atoms with Gasteiger partial charge in [-0.25, -0.2) is 4.79 Å². The van der Waals surface area contributed by atoms with Crippen molar-refractivity contribution in [3.63, 3.8) is 0 Å². The summed E-state index contributed by atoms with van der Waals surface area (Å²) in [6.45, 7) is 7.26. The number of nitrogens with zero attached hydrogens (tertiary/aromatic N) is 2. The zero-order valence-electron chi connectivity index (χ0n) is 11.8. The van der Waals surface area contributed by atoms with Crippen LogP contribution in [0.25, 0.3) is 0 Å². The van der Waals surface area contributed by atoms with Gasteiger partial charge in [-0.05, 0) is 50.6 Å². The average molecular weight is 253 g/mol. The second-order valence-corrected chi connectivity index (χ2v) is 6.05. The van der Waals surface area contributed by atoms with Crippen LogP contribution >= 0.6 is 0 Å². The molecule has 0 aromatic carbocycles. The molecule has 18 heavy (non-hydrogen) atoms. The molecule has 104 valence electrons. The van der Waals surface area contributed by atoms with Crippen LogP contribution in [0.15, 0.2) is 0 Å². The standard InChI is InChI=1S/C14H27N3O/c1-12-4-3-9-17(10-12)14(18)16(2)11-13-5-7-15-8-6-13/h12-13,15H,3-11H2,1-2H3. The SMILES string of the molecule is CC1CCCN(C(=O)N(C)CC2CCNCC2)C1. The van der Waals surface area contributed by atoms with Crippen LogP contribution in [0, 0.1) is 11.8 Å². The predicted octanol–water partition coefficient (Wildman–Crippen LogP) is 1.77. The Bertz CT molecular complexity index is 276. The number of likely N-dealkylation sites (tertiary alicyclic amines) is 1. The van der Waals surface area contributed by atoms with Crippen molar-refractivity contribution in [2.75, 3.05) is 39.8 Å². The molecule has 1 unspecified atom stereocenters. The fourth-order valence-electron chi connectivity index (χ4n) is 3.13. The minimum absolute atomic E-state index is 0.236. The lowest BCUT2D eigenvalue weighted by Crippen LogP contribution is -2.47. The molecule has 0 bridgehead atoms. The summed E-state index contributed by atoms with van der Waals surface area (Å²) < 4.78 is 0. The highest BCUT2D eigenvalue weighted by molar-refractivity contribution is 5.74. The van der Waals surface area contributed by atoms with Gasteiger partial charge in [-0.2, -0.15) is 0 Å². The predicted molar refractivity (Wildman–Crippen MR) is 73.6 cm³/mol. The van der Waals surface area contributed by atoms with Gasteiger partial charge in [-0.15, -0.1) is 0 Å². The summed E-state index contributed by atoms with van der Waals surface area (Å²) >= 11 is 0. The van der Waals surface area contributed by atoms with Crippen LogP contribution < -0.4 is 5.32 Å². The summed E-state index contributed by atoms with van der Waals surface area (Å²) in [5, 5.41) is 3.37. The number of hydrogen-bond acceptors (Lipinski definition) is 2. The van der Waals surface area contributed by atoms with Crippen molar-refractivity contribution in [1.29, 1.82) is 0 Å². The van der Waals surface area contributed by atoms with E-state index in [0.717, 1.165) is 39.1 Å². The van der Waals surface area contributed by atoms with Gasteiger partial charge in [0, 0.05) is 26.7 Å². The van der Waals surface area contributed by atoms with Gasteiger partial charge in [0.05, 0.1) is 0 Å². The maximum atomic E-state index is 12.4. The molecule has 0 spiro atoms. The van der Waals surface area contributed by atoms with Gasteiger partial charge in [0.1, 0.15) is 0 Å². The van der Waals surface area contributed by atoms with Crippen molar-refractivity contribution in [3.8, 4) is 0 Å². The van der Waals surface area contributed by atoms with Crippen LogP contribution in [0.2, 0.25) is 0 Å². The van der Waals surface area contributed by atoms with E-state index in [0.29, 0.717) is 11.8 Å². The molecule has 4 heteroatoms. The van der Waals surface area contributed by atoms with Gasteiger partial charge < -0.3 is 15.1 Å². The molecule has 0 radical (unpaired) electrons. The number of carbonyl (C=O) groups is 1. The average Bonchev–Trinajstić information content (AvgIpc) is 2.39. The monoisotopic (exact) mass is 253 g/mol. The third kappa shape index (κ3) is 3.61. The molecule has 2 aliphatic heterocycles. The Morgan fingerprint density at radius 3 is 2.72 bits per heavy atom. The number of nitrogens with one attached hydrogen (secondary N) is 1. The fraction of sp³-hybridized carbons (Fsp3) is 0.929. The summed E-state index contributed by atoms with van der Waals surface area (Å²) in [6.07, 6.45) is 4.83. The smallest absolute Gasteiger partial charge is 0.319 e. The summed E-state index contributed by atoms with van der Waals surface area (Å²) in [5.41, 5.74) is 0. The van der Waals surface area contributed by atoms with E-state index in [2.05, 4.69) is 12.2 Å². The van der Waals surface area contributed by atoms with Gasteiger partial charge in [0.25, 0.3) is 0 Å². The lowest BCUT2D eigenvalue weighted by Gasteiger charge is -2.35. The highest BCUT2D eigenvalue weighted by atomic mass is 16.2. The molecule has 0 aliphatic carbocycles. The van der Waals surface area contributed by atoms with E-state index in [9.17, 15) is 4.79 Å². The van der Waals surface area contributed by atoms with E-state index in [-0.39, 0.29) is 6.03 Å². The molecule has 0 aromatic heterocycles. The molecule has 0 saturated carbocycles. The largest absolute Gasteiger partial charge is 0.327 e. The van der Waals surface area contributed by atoms with Gasteiger partial charge in [-0.1, -0.05) is 6.92 Å². The van der Waals surface area contributed by atoms with Crippen molar-refractivity contribution in [2.45, 2.75) is 32.6 Å². The lowest BCUT2D eigenvalue weighted by atomic mass is 9.97. The molecule has 2 fully saturated rings. The van der Waals surface area contributed by atoms with Crippen LogP contribution in [0.5, 0.6) is 0 Å². The first kappa shape index (κ1) is 13.7. The van der Waals surface area contributed by atoms with Crippen LogP contribution in [0.1, 0.15) is 32.6 Å². The zero-order valence-corrected chi connectivity index (χ0v) is 11.8. The summed E-state index contributed by atoms with van der Waals surface area (Å²) in [5.74, 6) is 1.34. The Kier molecular flexibility index (Phi) is 4.87. The van der Waals surface area contributed by atoms with Crippen molar-refractivity contribution in [3.05, 3.63) is 0 Å². The summed E-state index contributed by atoms with van der Waals surface area (Å²) in [6, 6.07) is 0.236. The molecule has 2 rings (SSSR count). The maximum Gasteiger partial charge on any atom is 0.319 e. The minimum atomic E-state index is 0.236. The fourth-order valence-corrected chi connectivity index (χ4v) is 3.13. The first-order valence-corrected chi connectivity index (χ1v) is 7.37. The number of rotatable bonds is 2. The molecule has 2 amide bonds. The molecule has 4 nitrogen and oxygen atoms in total. The topological polar surface area (TPSA) is 35.6 Å². The summed E-state index contributed by atoms with van der Waals surface area (Å²) in [7, 11) is 1.96. The van der Waals surface area contributed by atoms with Crippen LogP contribution in [0.4, 0.5) is 4.79 Å². The number of carbonyl (C=O) groups excluding carboxylic acids is 1. The Morgan fingerprint density at radius 2 is 2.06 bits per heavy atom. The van der Waals surface area contributed by atoms with Crippen molar-refractivity contribution in [1.82, 2.24) is 15.1 Å². The number of amides is 2.